The number of ether oxygens (including phenoxy) is 2. The number of allylic oxidation sites excluding steroid dienone is 1. The highest BCUT2D eigenvalue weighted by Gasteiger charge is 2.29. The molecule has 3 rings (SSSR count). The fourth-order valence-corrected chi connectivity index (χ4v) is 3.12. The van der Waals surface area contributed by atoms with E-state index < -0.39 is 0 Å². The second kappa shape index (κ2) is 7.01. The molecule has 0 aromatic heterocycles. The summed E-state index contributed by atoms with van der Waals surface area (Å²) in [6.45, 7) is 8.10. The average molecular weight is 337 g/mol. The van der Waals surface area contributed by atoms with Crippen LogP contribution in [0.15, 0.2) is 42.2 Å². The fraction of sp³-hybridized carbons (Fsp3) is 0.286. The SMILES string of the molecule is CCN(CC)c1ccc(/C=C2\Oc3cc(OC)cc(C)c3C2=O)cc1. The summed E-state index contributed by atoms with van der Waals surface area (Å²) in [5, 5.41) is 0. The zero-order valence-corrected chi connectivity index (χ0v) is 15.1. The Balaban J connectivity index is 1.88. The molecule has 0 radical (unpaired) electrons. The Morgan fingerprint density at radius 2 is 1.80 bits per heavy atom. The minimum Gasteiger partial charge on any atom is -0.497 e. The quantitative estimate of drug-likeness (QED) is 0.755. The van der Waals surface area contributed by atoms with E-state index in [0.717, 1.165) is 24.2 Å². The van der Waals surface area contributed by atoms with Crippen molar-refractivity contribution in [2.45, 2.75) is 20.8 Å². The molecule has 0 saturated carbocycles. The molecule has 0 atom stereocenters. The molecule has 2 aromatic carbocycles. The maximum Gasteiger partial charge on any atom is 0.232 e. The normalized spacial score (nSPS) is 14.4. The molecule has 25 heavy (non-hydrogen) atoms. The summed E-state index contributed by atoms with van der Waals surface area (Å²) in [5.74, 6) is 1.52. The Bertz CT molecular complexity index is 818. The van der Waals surface area contributed by atoms with Crippen LogP contribution in [0.2, 0.25) is 0 Å². The molecule has 2 aromatic rings. The number of methoxy groups -OCH3 is 1. The second-order valence-corrected chi connectivity index (χ2v) is 6.02. The van der Waals surface area contributed by atoms with Crippen molar-refractivity contribution in [3.8, 4) is 11.5 Å². The molecule has 4 heteroatoms. The van der Waals surface area contributed by atoms with Crippen molar-refractivity contribution in [3.63, 3.8) is 0 Å². The lowest BCUT2D eigenvalue weighted by molar-refractivity contribution is 0.101. The van der Waals surface area contributed by atoms with E-state index in [1.54, 1.807) is 19.3 Å². The van der Waals surface area contributed by atoms with E-state index in [1.807, 2.05) is 25.1 Å². The van der Waals surface area contributed by atoms with E-state index in [-0.39, 0.29) is 5.78 Å². The molecule has 1 aliphatic heterocycles. The maximum atomic E-state index is 12.6. The van der Waals surface area contributed by atoms with Crippen molar-refractivity contribution in [1.29, 1.82) is 0 Å². The summed E-state index contributed by atoms with van der Waals surface area (Å²) in [6, 6.07) is 11.8. The van der Waals surface area contributed by atoms with Crippen LogP contribution < -0.4 is 14.4 Å². The number of hydrogen-bond donors (Lipinski definition) is 0. The Morgan fingerprint density at radius 3 is 2.40 bits per heavy atom. The lowest BCUT2D eigenvalue weighted by Crippen LogP contribution is -2.21. The number of hydrogen-bond acceptors (Lipinski definition) is 4. The van der Waals surface area contributed by atoms with Gasteiger partial charge in [0.2, 0.25) is 5.78 Å². The third-order valence-corrected chi connectivity index (χ3v) is 4.50. The molecular weight excluding hydrogens is 314 g/mol. The van der Waals surface area contributed by atoms with Gasteiger partial charge in [-0.15, -0.1) is 0 Å². The number of benzene rings is 2. The van der Waals surface area contributed by atoms with Crippen molar-refractivity contribution >= 4 is 17.5 Å². The first kappa shape index (κ1) is 17.1. The molecule has 4 nitrogen and oxygen atoms in total. The van der Waals surface area contributed by atoms with Crippen LogP contribution in [0.3, 0.4) is 0 Å². The predicted molar refractivity (Wildman–Crippen MR) is 101 cm³/mol. The summed E-state index contributed by atoms with van der Waals surface area (Å²) in [5.41, 5.74) is 3.60. The van der Waals surface area contributed by atoms with Gasteiger partial charge in [0.25, 0.3) is 0 Å². The van der Waals surface area contributed by atoms with Crippen LogP contribution in [0.5, 0.6) is 11.5 Å². The zero-order chi connectivity index (χ0) is 18.0. The number of fused-ring (bicyclic) bond motifs is 1. The van der Waals surface area contributed by atoms with Crippen LogP contribution in [0.1, 0.15) is 35.3 Å². The molecular formula is C21H23NO3. The van der Waals surface area contributed by atoms with Crippen LogP contribution in [-0.4, -0.2) is 26.0 Å². The molecule has 1 heterocycles. The topological polar surface area (TPSA) is 38.8 Å². The molecule has 0 bridgehead atoms. The number of rotatable bonds is 5. The zero-order valence-electron chi connectivity index (χ0n) is 15.1. The van der Waals surface area contributed by atoms with E-state index in [0.29, 0.717) is 22.8 Å². The number of carbonyl (C=O) groups is 1. The second-order valence-electron chi connectivity index (χ2n) is 6.02. The van der Waals surface area contributed by atoms with E-state index in [1.165, 1.54) is 5.69 Å². The standard InChI is InChI=1S/C21H23NO3/c1-5-22(6-2)16-9-7-15(8-10-16)12-19-21(23)20-14(3)11-17(24-4)13-18(20)25-19/h7-13H,5-6H2,1-4H3/b19-12-. The van der Waals surface area contributed by atoms with Crippen LogP contribution in [0, 0.1) is 6.92 Å². The lowest BCUT2D eigenvalue weighted by atomic mass is 10.0. The van der Waals surface area contributed by atoms with Gasteiger partial charge in [0, 0.05) is 24.8 Å². The van der Waals surface area contributed by atoms with E-state index in [2.05, 4.69) is 30.9 Å². The molecule has 0 spiro atoms. The van der Waals surface area contributed by atoms with E-state index in [4.69, 9.17) is 9.47 Å². The van der Waals surface area contributed by atoms with Gasteiger partial charge < -0.3 is 14.4 Å². The third kappa shape index (κ3) is 3.25. The van der Waals surface area contributed by atoms with Gasteiger partial charge >= 0.3 is 0 Å². The molecule has 130 valence electrons. The van der Waals surface area contributed by atoms with Crippen molar-refractivity contribution in [2.75, 3.05) is 25.1 Å². The predicted octanol–water partition coefficient (Wildman–Crippen LogP) is 4.47. The van der Waals surface area contributed by atoms with E-state index >= 15 is 0 Å². The monoisotopic (exact) mass is 337 g/mol. The van der Waals surface area contributed by atoms with Gasteiger partial charge in [-0.25, -0.2) is 0 Å². The highest BCUT2D eigenvalue weighted by molar-refractivity contribution is 6.15. The average Bonchev–Trinajstić information content (AvgIpc) is 2.93. The Hall–Kier alpha value is -2.75. The number of carbonyl (C=O) groups excluding carboxylic acids is 1. The number of nitrogens with zero attached hydrogens (tertiary/aromatic N) is 1. The van der Waals surface area contributed by atoms with Gasteiger partial charge in [0.15, 0.2) is 5.76 Å². The van der Waals surface area contributed by atoms with Crippen LogP contribution in [0.4, 0.5) is 5.69 Å². The number of anilines is 1. The molecule has 0 amide bonds. The highest BCUT2D eigenvalue weighted by Crippen LogP contribution is 2.37. The largest absolute Gasteiger partial charge is 0.497 e. The maximum absolute atomic E-state index is 12.6. The van der Waals surface area contributed by atoms with Gasteiger partial charge in [0.05, 0.1) is 12.7 Å². The van der Waals surface area contributed by atoms with Gasteiger partial charge in [0.1, 0.15) is 11.5 Å². The minimum atomic E-state index is -0.0806. The van der Waals surface area contributed by atoms with Crippen LogP contribution in [0.25, 0.3) is 6.08 Å². The summed E-state index contributed by atoms with van der Waals surface area (Å²) in [6.07, 6.45) is 1.79. The highest BCUT2D eigenvalue weighted by atomic mass is 16.5. The lowest BCUT2D eigenvalue weighted by Gasteiger charge is -2.20. The van der Waals surface area contributed by atoms with Crippen molar-refractivity contribution in [1.82, 2.24) is 0 Å². The first-order valence-electron chi connectivity index (χ1n) is 8.55. The summed E-state index contributed by atoms with van der Waals surface area (Å²) >= 11 is 0. The summed E-state index contributed by atoms with van der Waals surface area (Å²) in [7, 11) is 1.60. The molecule has 0 N–H and O–H groups in total. The summed E-state index contributed by atoms with van der Waals surface area (Å²) < 4.78 is 11.0. The number of ketones is 1. The number of aryl methyl sites for hydroxylation is 1. The van der Waals surface area contributed by atoms with Crippen molar-refractivity contribution in [2.24, 2.45) is 0 Å². The van der Waals surface area contributed by atoms with Crippen molar-refractivity contribution in [3.05, 3.63) is 58.8 Å². The van der Waals surface area contributed by atoms with Gasteiger partial charge in [-0.2, -0.15) is 0 Å². The Morgan fingerprint density at radius 1 is 1.12 bits per heavy atom. The molecule has 1 aliphatic rings. The fourth-order valence-electron chi connectivity index (χ4n) is 3.12. The van der Waals surface area contributed by atoms with Gasteiger partial charge in [-0.05, 0) is 56.2 Å². The molecule has 0 aliphatic carbocycles. The van der Waals surface area contributed by atoms with Crippen molar-refractivity contribution < 1.29 is 14.3 Å². The smallest absolute Gasteiger partial charge is 0.232 e. The molecule has 0 saturated heterocycles. The van der Waals surface area contributed by atoms with E-state index in [9.17, 15) is 4.79 Å². The first-order chi connectivity index (χ1) is 12.1. The van der Waals surface area contributed by atoms with Gasteiger partial charge in [-0.1, -0.05) is 12.1 Å². The number of Topliss-reactive ketones (excluding diaryl/α,β-unsaturated/α-hetero) is 1. The Labute approximate surface area is 148 Å². The first-order valence-corrected chi connectivity index (χ1v) is 8.55. The van der Waals surface area contributed by atoms with Crippen LogP contribution >= 0.6 is 0 Å². The Kier molecular flexibility index (Phi) is 4.79. The molecule has 0 fully saturated rings. The summed E-state index contributed by atoms with van der Waals surface area (Å²) in [4.78, 5) is 14.9. The third-order valence-electron chi connectivity index (χ3n) is 4.50. The van der Waals surface area contributed by atoms with Crippen LogP contribution in [-0.2, 0) is 0 Å². The van der Waals surface area contributed by atoms with Gasteiger partial charge in [-0.3, -0.25) is 4.79 Å². The minimum absolute atomic E-state index is 0.0806. The molecule has 0 unspecified atom stereocenters.